The normalized spacial score (nSPS) is 20.4. The third-order valence-corrected chi connectivity index (χ3v) is 6.80. The van der Waals surface area contributed by atoms with Crippen LogP contribution in [0.5, 0.6) is 0 Å². The first-order valence-electron chi connectivity index (χ1n) is 8.86. The van der Waals surface area contributed by atoms with Gasteiger partial charge in [-0.15, -0.1) is 0 Å². The van der Waals surface area contributed by atoms with Crippen molar-refractivity contribution >= 4 is 15.9 Å². The fourth-order valence-corrected chi connectivity index (χ4v) is 4.97. The van der Waals surface area contributed by atoms with Crippen LogP contribution in [0.4, 0.5) is 0 Å². The molecule has 1 atom stereocenters. The zero-order valence-electron chi connectivity index (χ0n) is 14.7. The smallest absolute Gasteiger partial charge is 0.243 e. The average Bonchev–Trinajstić information content (AvgIpc) is 3.32. The summed E-state index contributed by atoms with van der Waals surface area (Å²) < 4.78 is 33.9. The fraction of sp³-hybridized carbons (Fsp3) is 0.471. The van der Waals surface area contributed by atoms with Gasteiger partial charge in [-0.05, 0) is 36.1 Å². The zero-order valence-corrected chi connectivity index (χ0v) is 15.6. The molecule has 1 N–H and O–H groups in total. The van der Waals surface area contributed by atoms with Gasteiger partial charge in [0.2, 0.25) is 15.9 Å². The first kappa shape index (κ1) is 18.1. The number of benzene rings is 1. The molecule has 10 heteroatoms. The second kappa shape index (κ2) is 7.37. The molecule has 1 amide bonds. The van der Waals surface area contributed by atoms with Crippen molar-refractivity contribution in [1.82, 2.24) is 24.4 Å². The summed E-state index contributed by atoms with van der Waals surface area (Å²) in [6.45, 7) is 1.61. The number of carbonyl (C=O) groups is 1. The summed E-state index contributed by atoms with van der Waals surface area (Å²) in [6.07, 6.45) is 4.41. The molecule has 0 radical (unpaired) electrons. The van der Waals surface area contributed by atoms with Crippen molar-refractivity contribution in [3.8, 4) is 0 Å². The second-order valence-corrected chi connectivity index (χ2v) is 8.57. The molecule has 1 aromatic heterocycles. The van der Waals surface area contributed by atoms with Crippen LogP contribution in [0, 0.1) is 0 Å². The van der Waals surface area contributed by atoms with Crippen molar-refractivity contribution in [1.29, 1.82) is 0 Å². The van der Waals surface area contributed by atoms with E-state index in [0.29, 0.717) is 26.3 Å². The number of aryl methyl sites for hydroxylation is 1. The van der Waals surface area contributed by atoms with Gasteiger partial charge in [0.25, 0.3) is 0 Å². The first-order valence-corrected chi connectivity index (χ1v) is 10.3. The van der Waals surface area contributed by atoms with E-state index >= 15 is 0 Å². The monoisotopic (exact) mass is 391 g/mol. The van der Waals surface area contributed by atoms with E-state index in [1.807, 2.05) is 6.07 Å². The summed E-state index contributed by atoms with van der Waals surface area (Å²) in [6, 6.07) is 5.01. The SMILES string of the molecule is O=C(Cn1cncn1)N[C@H]1CCc2ccc(S(=O)(=O)N3CCOCC3)cc21. The molecule has 0 saturated carbocycles. The Labute approximate surface area is 157 Å². The maximum Gasteiger partial charge on any atom is 0.243 e. The van der Waals surface area contributed by atoms with Crippen LogP contribution in [-0.4, -0.2) is 59.7 Å². The van der Waals surface area contributed by atoms with Crippen LogP contribution in [0.1, 0.15) is 23.6 Å². The van der Waals surface area contributed by atoms with Crippen LogP contribution in [0.3, 0.4) is 0 Å². The summed E-state index contributed by atoms with van der Waals surface area (Å²) in [7, 11) is -3.56. The number of carbonyl (C=O) groups excluding carboxylic acids is 1. The molecular formula is C17H21N5O4S. The molecule has 2 aliphatic rings. The number of fused-ring (bicyclic) bond motifs is 1. The van der Waals surface area contributed by atoms with E-state index in [-0.39, 0.29) is 23.4 Å². The third kappa shape index (κ3) is 3.73. The van der Waals surface area contributed by atoms with E-state index in [1.54, 1.807) is 12.1 Å². The van der Waals surface area contributed by atoms with Crippen molar-refractivity contribution in [2.75, 3.05) is 26.3 Å². The number of amides is 1. The van der Waals surface area contributed by atoms with E-state index in [2.05, 4.69) is 15.4 Å². The maximum absolute atomic E-state index is 12.9. The zero-order chi connectivity index (χ0) is 18.9. The predicted octanol–water partition coefficient (Wildman–Crippen LogP) is 0.103. The van der Waals surface area contributed by atoms with Gasteiger partial charge in [-0.25, -0.2) is 18.1 Å². The van der Waals surface area contributed by atoms with E-state index in [9.17, 15) is 13.2 Å². The number of hydrogen-bond acceptors (Lipinski definition) is 6. The Morgan fingerprint density at radius 3 is 2.85 bits per heavy atom. The Bertz CT molecular complexity index is 923. The number of hydrogen-bond donors (Lipinski definition) is 1. The molecular weight excluding hydrogens is 370 g/mol. The minimum Gasteiger partial charge on any atom is -0.379 e. The van der Waals surface area contributed by atoms with Crippen LogP contribution >= 0.6 is 0 Å². The van der Waals surface area contributed by atoms with E-state index < -0.39 is 10.0 Å². The quantitative estimate of drug-likeness (QED) is 0.775. The number of ether oxygens (including phenoxy) is 1. The second-order valence-electron chi connectivity index (χ2n) is 6.63. The van der Waals surface area contributed by atoms with Crippen LogP contribution in [0.15, 0.2) is 35.7 Å². The van der Waals surface area contributed by atoms with Gasteiger partial charge in [0.1, 0.15) is 19.2 Å². The van der Waals surface area contributed by atoms with Crippen LogP contribution < -0.4 is 5.32 Å². The largest absolute Gasteiger partial charge is 0.379 e. The number of morpholine rings is 1. The van der Waals surface area contributed by atoms with Gasteiger partial charge in [-0.3, -0.25) is 4.79 Å². The van der Waals surface area contributed by atoms with Gasteiger partial charge < -0.3 is 10.1 Å². The molecule has 9 nitrogen and oxygen atoms in total. The topological polar surface area (TPSA) is 106 Å². The molecule has 1 saturated heterocycles. The van der Waals surface area contributed by atoms with Crippen molar-refractivity contribution in [3.05, 3.63) is 42.0 Å². The highest BCUT2D eigenvalue weighted by atomic mass is 32.2. The van der Waals surface area contributed by atoms with E-state index in [4.69, 9.17) is 4.74 Å². The lowest BCUT2D eigenvalue weighted by Gasteiger charge is -2.26. The molecule has 0 spiro atoms. The Morgan fingerprint density at radius 1 is 1.30 bits per heavy atom. The van der Waals surface area contributed by atoms with Crippen molar-refractivity contribution < 1.29 is 17.9 Å². The minimum atomic E-state index is -3.56. The fourth-order valence-electron chi connectivity index (χ4n) is 3.53. The Morgan fingerprint density at radius 2 is 2.11 bits per heavy atom. The lowest BCUT2D eigenvalue weighted by Crippen LogP contribution is -2.40. The average molecular weight is 391 g/mol. The summed E-state index contributed by atoms with van der Waals surface area (Å²) in [5.41, 5.74) is 1.94. The molecule has 2 aromatic rings. The van der Waals surface area contributed by atoms with E-state index in [1.165, 1.54) is 21.6 Å². The molecule has 1 aliphatic carbocycles. The highest BCUT2D eigenvalue weighted by Gasteiger charge is 2.30. The number of rotatable bonds is 5. The molecule has 144 valence electrons. The van der Waals surface area contributed by atoms with Crippen LogP contribution in [0.2, 0.25) is 0 Å². The molecule has 2 heterocycles. The van der Waals surface area contributed by atoms with Crippen LogP contribution in [-0.2, 0) is 32.5 Å². The van der Waals surface area contributed by atoms with Gasteiger partial charge in [0.05, 0.1) is 24.2 Å². The predicted molar refractivity (Wildman–Crippen MR) is 95.2 cm³/mol. The molecule has 0 unspecified atom stereocenters. The third-order valence-electron chi connectivity index (χ3n) is 4.91. The lowest BCUT2D eigenvalue weighted by molar-refractivity contribution is -0.122. The number of aromatic nitrogens is 3. The number of sulfonamides is 1. The lowest BCUT2D eigenvalue weighted by atomic mass is 10.1. The van der Waals surface area contributed by atoms with Gasteiger partial charge in [0, 0.05) is 13.1 Å². The van der Waals surface area contributed by atoms with Gasteiger partial charge in [-0.2, -0.15) is 9.40 Å². The summed E-state index contributed by atoms with van der Waals surface area (Å²) in [5.74, 6) is -0.181. The molecule has 4 rings (SSSR count). The molecule has 1 fully saturated rings. The summed E-state index contributed by atoms with van der Waals surface area (Å²) in [5, 5.41) is 6.90. The molecule has 27 heavy (non-hydrogen) atoms. The summed E-state index contributed by atoms with van der Waals surface area (Å²) in [4.78, 5) is 16.3. The number of nitrogens with zero attached hydrogens (tertiary/aromatic N) is 4. The van der Waals surface area contributed by atoms with Gasteiger partial charge >= 0.3 is 0 Å². The molecule has 1 aromatic carbocycles. The van der Waals surface area contributed by atoms with Crippen molar-refractivity contribution in [2.24, 2.45) is 0 Å². The van der Waals surface area contributed by atoms with Gasteiger partial charge in [0.15, 0.2) is 0 Å². The van der Waals surface area contributed by atoms with E-state index in [0.717, 1.165) is 24.0 Å². The number of nitrogens with one attached hydrogen (secondary N) is 1. The van der Waals surface area contributed by atoms with Gasteiger partial charge in [-0.1, -0.05) is 6.07 Å². The van der Waals surface area contributed by atoms with Crippen molar-refractivity contribution in [2.45, 2.75) is 30.3 Å². The first-order chi connectivity index (χ1) is 13.0. The molecule has 0 bridgehead atoms. The Hall–Kier alpha value is -2.30. The van der Waals surface area contributed by atoms with Crippen molar-refractivity contribution in [3.63, 3.8) is 0 Å². The maximum atomic E-state index is 12.9. The minimum absolute atomic E-state index is 0.0810. The Balaban J connectivity index is 1.52. The summed E-state index contributed by atoms with van der Waals surface area (Å²) >= 11 is 0. The molecule has 1 aliphatic heterocycles. The van der Waals surface area contributed by atoms with Crippen LogP contribution in [0.25, 0.3) is 0 Å². The highest BCUT2D eigenvalue weighted by molar-refractivity contribution is 7.89. The Kier molecular flexibility index (Phi) is 4.94. The standard InChI is InChI=1S/C17H21N5O4S/c23-17(10-21-12-18-11-19-21)20-16-4-2-13-1-3-14(9-15(13)16)27(24,25)22-5-7-26-8-6-22/h1,3,9,11-12,16H,2,4-8,10H2,(H,20,23)/t16-/m0/s1. The highest BCUT2D eigenvalue weighted by Crippen LogP contribution is 2.33.